The number of hydrogen-bond donors (Lipinski definition) is 1. The molecule has 0 spiro atoms. The Bertz CT molecular complexity index is 597. The Hall–Kier alpha value is -1.46. The number of anilines is 1. The lowest BCUT2D eigenvalue weighted by Crippen LogP contribution is -2.22. The highest BCUT2D eigenvalue weighted by molar-refractivity contribution is 7.09. The molecule has 5 heteroatoms. The average molecular weight is 307 g/mol. The molecule has 0 saturated heterocycles. The molecule has 0 aliphatic heterocycles. The van der Waals surface area contributed by atoms with Crippen molar-refractivity contribution >= 4 is 17.0 Å². The molecule has 114 valence electrons. The first-order chi connectivity index (χ1) is 10.0. The molecule has 1 heterocycles. The van der Waals surface area contributed by atoms with Crippen LogP contribution in [0.15, 0.2) is 23.7 Å². The minimum Gasteiger partial charge on any atom is -0.367 e. The van der Waals surface area contributed by atoms with Crippen molar-refractivity contribution in [2.24, 2.45) is 5.73 Å². The maximum Gasteiger partial charge on any atom is 0.146 e. The van der Waals surface area contributed by atoms with Gasteiger partial charge in [0.15, 0.2) is 0 Å². The molecule has 1 atom stereocenters. The number of aryl methyl sites for hydroxylation is 1. The smallest absolute Gasteiger partial charge is 0.146 e. The third-order valence-corrected chi connectivity index (χ3v) is 4.59. The van der Waals surface area contributed by atoms with Gasteiger partial charge in [-0.3, -0.25) is 0 Å². The highest BCUT2D eigenvalue weighted by atomic mass is 32.1. The zero-order chi connectivity index (χ0) is 15.4. The summed E-state index contributed by atoms with van der Waals surface area (Å²) in [7, 11) is 1.90. The normalized spacial score (nSPS) is 12.4. The molecule has 2 N–H and O–H groups in total. The summed E-state index contributed by atoms with van der Waals surface area (Å²) in [5.41, 5.74) is 10.3. The molecule has 0 aliphatic carbocycles. The SMILES string of the molecule is CCC(N)Cc1ccc(N(C)Cc2scnc2C)c(F)c1. The molecule has 3 nitrogen and oxygen atoms in total. The summed E-state index contributed by atoms with van der Waals surface area (Å²) in [5.74, 6) is -0.194. The maximum atomic E-state index is 14.3. The fourth-order valence-electron chi connectivity index (χ4n) is 2.21. The first-order valence-electron chi connectivity index (χ1n) is 7.15. The molecular weight excluding hydrogens is 285 g/mol. The van der Waals surface area contributed by atoms with Gasteiger partial charge >= 0.3 is 0 Å². The van der Waals surface area contributed by atoms with Crippen LogP contribution in [0.1, 0.15) is 29.5 Å². The fourth-order valence-corrected chi connectivity index (χ4v) is 3.04. The molecule has 0 amide bonds. The molecule has 0 fully saturated rings. The van der Waals surface area contributed by atoms with Gasteiger partial charge in [0.25, 0.3) is 0 Å². The number of aromatic nitrogens is 1. The molecule has 1 aromatic carbocycles. The van der Waals surface area contributed by atoms with Gasteiger partial charge in [-0.1, -0.05) is 13.0 Å². The molecule has 1 aromatic heterocycles. The first-order valence-corrected chi connectivity index (χ1v) is 8.03. The summed E-state index contributed by atoms with van der Waals surface area (Å²) < 4.78 is 14.3. The van der Waals surface area contributed by atoms with Crippen LogP contribution in [0.3, 0.4) is 0 Å². The van der Waals surface area contributed by atoms with E-state index in [2.05, 4.69) is 4.98 Å². The van der Waals surface area contributed by atoms with Crippen molar-refractivity contribution < 1.29 is 4.39 Å². The second kappa shape index (κ2) is 7.00. The van der Waals surface area contributed by atoms with Crippen LogP contribution in [0.4, 0.5) is 10.1 Å². The lowest BCUT2D eigenvalue weighted by atomic mass is 10.0. The molecule has 0 radical (unpaired) electrons. The summed E-state index contributed by atoms with van der Waals surface area (Å²) in [6.07, 6.45) is 1.61. The molecule has 0 saturated carbocycles. The summed E-state index contributed by atoms with van der Waals surface area (Å²) >= 11 is 1.60. The van der Waals surface area contributed by atoms with Crippen LogP contribution in [0.2, 0.25) is 0 Å². The van der Waals surface area contributed by atoms with Gasteiger partial charge in [0.05, 0.1) is 23.4 Å². The number of nitrogens with two attached hydrogens (primary N) is 1. The summed E-state index contributed by atoms with van der Waals surface area (Å²) in [5, 5.41) is 0. The number of rotatable bonds is 6. The first kappa shape index (κ1) is 15.9. The Balaban J connectivity index is 2.11. The Morgan fingerprint density at radius 1 is 1.43 bits per heavy atom. The molecule has 2 aromatic rings. The van der Waals surface area contributed by atoms with Crippen LogP contribution in [0.25, 0.3) is 0 Å². The predicted molar refractivity (Wildman–Crippen MR) is 87.3 cm³/mol. The van der Waals surface area contributed by atoms with Crippen LogP contribution < -0.4 is 10.6 Å². The van der Waals surface area contributed by atoms with E-state index in [1.807, 2.05) is 43.4 Å². The van der Waals surface area contributed by atoms with Gasteiger partial charge < -0.3 is 10.6 Å². The van der Waals surface area contributed by atoms with Gasteiger partial charge in [-0.2, -0.15) is 0 Å². The molecule has 0 bridgehead atoms. The lowest BCUT2D eigenvalue weighted by Gasteiger charge is -2.20. The predicted octanol–water partition coefficient (Wildman–Crippen LogP) is 3.51. The second-order valence-corrected chi connectivity index (χ2v) is 6.31. The summed E-state index contributed by atoms with van der Waals surface area (Å²) in [4.78, 5) is 7.30. The van der Waals surface area contributed by atoms with Gasteiger partial charge in [0, 0.05) is 18.0 Å². The zero-order valence-corrected chi connectivity index (χ0v) is 13.6. The average Bonchev–Trinajstić information content (AvgIpc) is 2.84. The Labute approximate surface area is 129 Å². The lowest BCUT2D eigenvalue weighted by molar-refractivity contribution is 0.610. The second-order valence-electron chi connectivity index (χ2n) is 5.38. The van der Waals surface area contributed by atoms with E-state index >= 15 is 0 Å². The van der Waals surface area contributed by atoms with E-state index in [0.717, 1.165) is 22.6 Å². The van der Waals surface area contributed by atoms with Crippen molar-refractivity contribution in [1.82, 2.24) is 4.98 Å². The quantitative estimate of drug-likeness (QED) is 0.888. The molecular formula is C16H22FN3S. The number of nitrogens with zero attached hydrogens (tertiary/aromatic N) is 2. The van der Waals surface area contributed by atoms with Crippen LogP contribution >= 0.6 is 11.3 Å². The van der Waals surface area contributed by atoms with Crippen molar-refractivity contribution in [1.29, 1.82) is 0 Å². The van der Waals surface area contributed by atoms with Gasteiger partial charge in [-0.15, -0.1) is 11.3 Å². The van der Waals surface area contributed by atoms with E-state index in [4.69, 9.17) is 5.73 Å². The van der Waals surface area contributed by atoms with Crippen molar-refractivity contribution in [3.63, 3.8) is 0 Å². The van der Waals surface area contributed by atoms with E-state index < -0.39 is 0 Å². The van der Waals surface area contributed by atoms with Crippen molar-refractivity contribution in [2.75, 3.05) is 11.9 Å². The minimum absolute atomic E-state index is 0.0906. The largest absolute Gasteiger partial charge is 0.367 e. The van der Waals surface area contributed by atoms with Crippen molar-refractivity contribution in [2.45, 2.75) is 39.3 Å². The minimum atomic E-state index is -0.194. The maximum absolute atomic E-state index is 14.3. The third-order valence-electron chi connectivity index (χ3n) is 3.67. The molecule has 0 aliphatic rings. The van der Waals surface area contributed by atoms with Gasteiger partial charge in [-0.05, 0) is 37.5 Å². The monoisotopic (exact) mass is 307 g/mol. The van der Waals surface area contributed by atoms with Crippen LogP contribution in [0.5, 0.6) is 0 Å². The number of thiazole rings is 1. The molecule has 1 unspecified atom stereocenters. The Morgan fingerprint density at radius 2 is 2.19 bits per heavy atom. The van der Waals surface area contributed by atoms with Gasteiger partial charge in [0.1, 0.15) is 5.82 Å². The van der Waals surface area contributed by atoms with Crippen molar-refractivity contribution in [3.05, 3.63) is 45.7 Å². The highest BCUT2D eigenvalue weighted by Gasteiger charge is 2.12. The van der Waals surface area contributed by atoms with E-state index in [-0.39, 0.29) is 11.9 Å². The molecule has 21 heavy (non-hydrogen) atoms. The van der Waals surface area contributed by atoms with E-state index in [0.29, 0.717) is 18.7 Å². The fraction of sp³-hybridized carbons (Fsp3) is 0.438. The zero-order valence-electron chi connectivity index (χ0n) is 12.8. The number of benzene rings is 1. The Morgan fingerprint density at radius 3 is 2.76 bits per heavy atom. The standard InChI is InChI=1S/C16H22FN3S/c1-4-13(18)7-12-5-6-15(14(17)8-12)20(3)9-16-11(2)19-10-21-16/h5-6,8,10,13H,4,7,9,18H2,1-3H3. The Kier molecular flexibility index (Phi) is 5.31. The van der Waals surface area contributed by atoms with E-state index in [9.17, 15) is 4.39 Å². The van der Waals surface area contributed by atoms with Crippen LogP contribution in [-0.4, -0.2) is 18.1 Å². The van der Waals surface area contributed by atoms with Gasteiger partial charge in [0.2, 0.25) is 0 Å². The molecule has 2 rings (SSSR count). The highest BCUT2D eigenvalue weighted by Crippen LogP contribution is 2.23. The number of hydrogen-bond acceptors (Lipinski definition) is 4. The topological polar surface area (TPSA) is 42.1 Å². The number of halogens is 1. The van der Waals surface area contributed by atoms with Crippen LogP contribution in [-0.2, 0) is 13.0 Å². The van der Waals surface area contributed by atoms with E-state index in [1.54, 1.807) is 17.4 Å². The summed E-state index contributed by atoms with van der Waals surface area (Å²) in [6.45, 7) is 4.69. The van der Waals surface area contributed by atoms with Crippen LogP contribution in [0, 0.1) is 12.7 Å². The van der Waals surface area contributed by atoms with Gasteiger partial charge in [-0.25, -0.2) is 9.37 Å². The third kappa shape index (κ3) is 4.02. The van der Waals surface area contributed by atoms with Crippen molar-refractivity contribution in [3.8, 4) is 0 Å². The summed E-state index contributed by atoms with van der Waals surface area (Å²) in [6, 6.07) is 5.49. The van der Waals surface area contributed by atoms with E-state index in [1.165, 1.54) is 0 Å².